The Hall–Kier alpha value is 0.520. The highest BCUT2D eigenvalue weighted by Gasteiger charge is 2.05. The lowest BCUT2D eigenvalue weighted by Crippen LogP contribution is -1.89. The van der Waals surface area contributed by atoms with Crippen molar-refractivity contribution in [3.05, 3.63) is 19.2 Å². The second kappa shape index (κ2) is 3.28. The lowest BCUT2D eigenvalue weighted by atomic mass is 10.4. The SMILES string of the molecule is Cc1c(Br)nnc(Br)c1Br. The Balaban J connectivity index is 3.34. The molecule has 0 atom stereocenters. The molecular formula is C5H3Br3N2. The Kier molecular flexibility index (Phi) is 2.82. The quantitative estimate of drug-likeness (QED) is 0.730. The first-order valence-corrected chi connectivity index (χ1v) is 4.84. The van der Waals surface area contributed by atoms with Crippen molar-refractivity contribution in [2.24, 2.45) is 0 Å². The monoisotopic (exact) mass is 328 g/mol. The number of hydrogen-bond donors (Lipinski definition) is 0. The van der Waals surface area contributed by atoms with Crippen LogP contribution in [0.5, 0.6) is 0 Å². The summed E-state index contributed by atoms with van der Waals surface area (Å²) >= 11 is 9.85. The van der Waals surface area contributed by atoms with E-state index in [2.05, 4.69) is 58.0 Å². The number of halogens is 3. The van der Waals surface area contributed by atoms with Crippen molar-refractivity contribution in [2.45, 2.75) is 6.92 Å². The van der Waals surface area contributed by atoms with Gasteiger partial charge < -0.3 is 0 Å². The lowest BCUT2D eigenvalue weighted by Gasteiger charge is -1.99. The first-order chi connectivity index (χ1) is 4.63. The van der Waals surface area contributed by atoms with E-state index in [9.17, 15) is 0 Å². The fraction of sp³-hybridized carbons (Fsp3) is 0.200. The molecule has 0 radical (unpaired) electrons. The second-order valence-electron chi connectivity index (χ2n) is 1.72. The maximum atomic E-state index is 3.83. The van der Waals surface area contributed by atoms with Crippen molar-refractivity contribution in [1.82, 2.24) is 10.2 Å². The molecule has 0 aliphatic carbocycles. The summed E-state index contributed by atoms with van der Waals surface area (Å²) in [5, 5.41) is 7.64. The molecule has 0 N–H and O–H groups in total. The molecule has 0 aliphatic rings. The van der Waals surface area contributed by atoms with E-state index in [0.717, 1.165) is 19.2 Å². The minimum Gasteiger partial charge on any atom is -0.142 e. The maximum Gasteiger partial charge on any atom is 0.143 e. The van der Waals surface area contributed by atoms with Crippen molar-refractivity contribution in [3.8, 4) is 0 Å². The van der Waals surface area contributed by atoms with Gasteiger partial charge in [-0.05, 0) is 54.7 Å². The number of nitrogens with zero attached hydrogens (tertiary/aromatic N) is 2. The van der Waals surface area contributed by atoms with Crippen LogP contribution < -0.4 is 0 Å². The molecule has 0 saturated carbocycles. The first kappa shape index (κ1) is 8.62. The molecule has 0 fully saturated rings. The van der Waals surface area contributed by atoms with E-state index in [0.29, 0.717) is 0 Å². The van der Waals surface area contributed by atoms with Crippen LogP contribution in [0.25, 0.3) is 0 Å². The van der Waals surface area contributed by atoms with Crippen LogP contribution in [0.4, 0.5) is 0 Å². The van der Waals surface area contributed by atoms with Gasteiger partial charge in [-0.1, -0.05) is 0 Å². The molecule has 2 nitrogen and oxygen atoms in total. The Labute approximate surface area is 83.8 Å². The second-order valence-corrected chi connectivity index (χ2v) is 4.02. The lowest BCUT2D eigenvalue weighted by molar-refractivity contribution is 0.953. The molecule has 10 heavy (non-hydrogen) atoms. The Morgan fingerprint density at radius 1 is 1.00 bits per heavy atom. The largest absolute Gasteiger partial charge is 0.143 e. The van der Waals surface area contributed by atoms with E-state index in [1.807, 2.05) is 6.92 Å². The number of rotatable bonds is 0. The third kappa shape index (κ3) is 1.57. The summed E-state index contributed by atoms with van der Waals surface area (Å²) in [6, 6.07) is 0. The molecule has 1 rings (SSSR count). The standard InChI is InChI=1S/C5H3Br3N2/c1-2-3(6)5(8)10-9-4(2)7/h1H3. The van der Waals surface area contributed by atoms with E-state index in [1.165, 1.54) is 0 Å². The summed E-state index contributed by atoms with van der Waals surface area (Å²) < 4.78 is 2.44. The van der Waals surface area contributed by atoms with Gasteiger partial charge in [0.15, 0.2) is 0 Å². The Morgan fingerprint density at radius 2 is 1.50 bits per heavy atom. The molecular weight excluding hydrogens is 328 g/mol. The third-order valence-electron chi connectivity index (χ3n) is 1.05. The van der Waals surface area contributed by atoms with Gasteiger partial charge in [0.1, 0.15) is 9.21 Å². The molecule has 54 valence electrons. The predicted octanol–water partition coefficient (Wildman–Crippen LogP) is 3.07. The van der Waals surface area contributed by atoms with Crippen molar-refractivity contribution < 1.29 is 0 Å². The minimum absolute atomic E-state index is 0.730. The maximum absolute atomic E-state index is 3.83. The highest BCUT2D eigenvalue weighted by molar-refractivity contribution is 9.13. The van der Waals surface area contributed by atoms with Crippen LogP contribution in [0.15, 0.2) is 13.7 Å². The van der Waals surface area contributed by atoms with Gasteiger partial charge in [0.2, 0.25) is 0 Å². The highest BCUT2D eigenvalue weighted by atomic mass is 79.9. The van der Waals surface area contributed by atoms with Gasteiger partial charge in [-0.15, -0.1) is 10.2 Å². The van der Waals surface area contributed by atoms with E-state index in [4.69, 9.17) is 0 Å². The molecule has 5 heteroatoms. The van der Waals surface area contributed by atoms with Gasteiger partial charge >= 0.3 is 0 Å². The van der Waals surface area contributed by atoms with Crippen LogP contribution in [-0.2, 0) is 0 Å². The van der Waals surface area contributed by atoms with Gasteiger partial charge in [-0.25, -0.2) is 0 Å². The van der Waals surface area contributed by atoms with Crippen molar-refractivity contribution in [1.29, 1.82) is 0 Å². The molecule has 0 unspecified atom stereocenters. The molecule has 1 aromatic heterocycles. The molecule has 0 amide bonds. The fourth-order valence-corrected chi connectivity index (χ4v) is 1.64. The smallest absolute Gasteiger partial charge is 0.142 e. The van der Waals surface area contributed by atoms with Crippen molar-refractivity contribution in [3.63, 3.8) is 0 Å². The average molecular weight is 331 g/mol. The van der Waals surface area contributed by atoms with Crippen LogP contribution in [-0.4, -0.2) is 10.2 Å². The number of aromatic nitrogens is 2. The molecule has 0 aromatic carbocycles. The molecule has 1 heterocycles. The van der Waals surface area contributed by atoms with Crippen LogP contribution in [0.1, 0.15) is 5.56 Å². The van der Waals surface area contributed by atoms with Gasteiger partial charge in [0, 0.05) is 5.56 Å². The minimum atomic E-state index is 0.730. The van der Waals surface area contributed by atoms with Gasteiger partial charge in [0.25, 0.3) is 0 Å². The van der Waals surface area contributed by atoms with Crippen LogP contribution in [0.3, 0.4) is 0 Å². The summed E-state index contributed by atoms with van der Waals surface area (Å²) in [5.41, 5.74) is 1.04. The topological polar surface area (TPSA) is 25.8 Å². The summed E-state index contributed by atoms with van der Waals surface area (Å²) in [4.78, 5) is 0. The Morgan fingerprint density at radius 3 is 2.00 bits per heavy atom. The van der Waals surface area contributed by atoms with Crippen LogP contribution in [0, 0.1) is 6.92 Å². The van der Waals surface area contributed by atoms with Gasteiger partial charge in [-0.3, -0.25) is 0 Å². The zero-order chi connectivity index (χ0) is 7.72. The van der Waals surface area contributed by atoms with E-state index < -0.39 is 0 Å². The van der Waals surface area contributed by atoms with Crippen LogP contribution >= 0.6 is 47.8 Å². The predicted molar refractivity (Wildman–Crippen MR) is 49.9 cm³/mol. The van der Waals surface area contributed by atoms with Crippen LogP contribution in [0.2, 0.25) is 0 Å². The van der Waals surface area contributed by atoms with E-state index >= 15 is 0 Å². The third-order valence-corrected chi connectivity index (χ3v) is 3.86. The summed E-state index contributed by atoms with van der Waals surface area (Å²) in [5.74, 6) is 0. The normalized spacial score (nSPS) is 10.0. The van der Waals surface area contributed by atoms with Gasteiger partial charge in [0.05, 0.1) is 4.47 Å². The fourth-order valence-electron chi connectivity index (χ4n) is 0.452. The molecule has 0 spiro atoms. The summed E-state index contributed by atoms with van der Waals surface area (Å²) in [6.45, 7) is 1.95. The first-order valence-electron chi connectivity index (χ1n) is 2.46. The molecule has 0 bridgehead atoms. The zero-order valence-corrected chi connectivity index (χ0v) is 9.79. The number of hydrogen-bond acceptors (Lipinski definition) is 2. The van der Waals surface area contributed by atoms with E-state index in [-0.39, 0.29) is 0 Å². The Bertz CT molecular complexity index is 234. The average Bonchev–Trinajstić information content (AvgIpc) is 1.93. The van der Waals surface area contributed by atoms with Crippen molar-refractivity contribution >= 4 is 47.8 Å². The highest BCUT2D eigenvalue weighted by Crippen LogP contribution is 2.27. The molecule has 0 aliphatic heterocycles. The summed E-state index contributed by atoms with van der Waals surface area (Å²) in [7, 11) is 0. The van der Waals surface area contributed by atoms with Gasteiger partial charge in [-0.2, -0.15) is 0 Å². The molecule has 0 saturated heterocycles. The molecule has 1 aromatic rings. The van der Waals surface area contributed by atoms with E-state index in [1.54, 1.807) is 0 Å². The van der Waals surface area contributed by atoms with Crippen molar-refractivity contribution in [2.75, 3.05) is 0 Å². The summed E-state index contributed by atoms with van der Waals surface area (Å²) in [6.07, 6.45) is 0. The zero-order valence-electron chi connectivity index (χ0n) is 5.03.